The van der Waals surface area contributed by atoms with Crippen LogP contribution < -0.4 is 5.56 Å². The number of aromatic nitrogens is 4. The van der Waals surface area contributed by atoms with Crippen molar-refractivity contribution in [2.24, 2.45) is 0 Å². The summed E-state index contributed by atoms with van der Waals surface area (Å²) < 4.78 is 1.17. The predicted octanol–water partition coefficient (Wildman–Crippen LogP) is -0.322. The Labute approximate surface area is 83.4 Å². The summed E-state index contributed by atoms with van der Waals surface area (Å²) in [5.74, 6) is -0.572. The molecule has 0 saturated heterocycles. The Bertz CT molecular complexity index is 583. The van der Waals surface area contributed by atoms with Gasteiger partial charge in [-0.3, -0.25) is 4.79 Å². The quantitative estimate of drug-likeness (QED) is 0.704. The van der Waals surface area contributed by atoms with Crippen LogP contribution in [0.15, 0.2) is 11.0 Å². The van der Waals surface area contributed by atoms with E-state index >= 15 is 0 Å². The zero-order valence-electron chi connectivity index (χ0n) is 7.89. The van der Waals surface area contributed by atoms with Crippen LogP contribution in [0.5, 0.6) is 0 Å². The lowest BCUT2D eigenvalue weighted by Crippen LogP contribution is -2.23. The van der Waals surface area contributed by atoms with Gasteiger partial charge in [-0.25, -0.2) is 19.3 Å². The Hall–Kier alpha value is -2.18. The molecule has 2 N–H and O–H groups in total. The third kappa shape index (κ3) is 1.28. The van der Waals surface area contributed by atoms with Crippen LogP contribution in [0.2, 0.25) is 0 Å². The van der Waals surface area contributed by atoms with Crippen LogP contribution in [0.3, 0.4) is 0 Å². The van der Waals surface area contributed by atoms with Crippen LogP contribution in [0.25, 0.3) is 5.78 Å². The Kier molecular flexibility index (Phi) is 2.00. The Balaban J connectivity index is 2.87. The molecular formula is C8H8N4O3. The average molecular weight is 208 g/mol. The molecule has 0 aromatic carbocycles. The number of aromatic carboxylic acids is 1. The number of carboxylic acid groups (broad SMARTS) is 1. The summed E-state index contributed by atoms with van der Waals surface area (Å²) in [5, 5.41) is 15.2. The van der Waals surface area contributed by atoms with Gasteiger partial charge < -0.3 is 5.11 Å². The molecule has 2 heterocycles. The third-order valence-corrected chi connectivity index (χ3v) is 2.05. The van der Waals surface area contributed by atoms with E-state index in [0.29, 0.717) is 12.2 Å². The van der Waals surface area contributed by atoms with E-state index in [9.17, 15) is 9.59 Å². The highest BCUT2D eigenvalue weighted by molar-refractivity contribution is 5.86. The maximum absolute atomic E-state index is 11.7. The number of nitrogens with one attached hydrogen (secondary N) is 1. The van der Waals surface area contributed by atoms with Gasteiger partial charge in [-0.05, 0) is 0 Å². The number of aryl methyl sites for hydroxylation is 1. The molecular weight excluding hydrogens is 200 g/mol. The van der Waals surface area contributed by atoms with E-state index in [4.69, 9.17) is 5.11 Å². The van der Waals surface area contributed by atoms with Crippen molar-refractivity contribution in [1.29, 1.82) is 0 Å². The second kappa shape index (κ2) is 3.19. The first-order chi connectivity index (χ1) is 7.15. The SMILES string of the molecule is CCc1n[nH]c2ncc(C(=O)O)c(=O)n12. The van der Waals surface area contributed by atoms with Crippen molar-refractivity contribution in [2.75, 3.05) is 0 Å². The summed E-state index contributed by atoms with van der Waals surface area (Å²) in [6.45, 7) is 1.81. The molecule has 7 nitrogen and oxygen atoms in total. The molecule has 0 bridgehead atoms. The van der Waals surface area contributed by atoms with Crippen molar-refractivity contribution < 1.29 is 9.90 Å². The molecule has 0 radical (unpaired) electrons. The molecule has 0 fully saturated rings. The van der Waals surface area contributed by atoms with Crippen molar-refractivity contribution in [3.05, 3.63) is 27.9 Å². The van der Waals surface area contributed by atoms with Crippen LogP contribution in [0.1, 0.15) is 23.1 Å². The van der Waals surface area contributed by atoms with Gasteiger partial charge in [0.1, 0.15) is 11.4 Å². The minimum absolute atomic E-state index is 0.252. The monoisotopic (exact) mass is 208 g/mol. The summed E-state index contributed by atoms with van der Waals surface area (Å²) in [4.78, 5) is 26.2. The van der Waals surface area contributed by atoms with E-state index in [0.717, 1.165) is 6.20 Å². The Morgan fingerprint density at radius 2 is 2.40 bits per heavy atom. The fourth-order valence-corrected chi connectivity index (χ4v) is 1.32. The number of hydrogen-bond acceptors (Lipinski definition) is 4. The number of rotatable bonds is 2. The molecule has 0 aliphatic carbocycles. The number of carboxylic acids is 1. The topological polar surface area (TPSA) is 100 Å². The second-order valence-corrected chi connectivity index (χ2v) is 2.93. The lowest BCUT2D eigenvalue weighted by atomic mass is 10.3. The number of hydrogen-bond donors (Lipinski definition) is 2. The van der Waals surface area contributed by atoms with Crippen molar-refractivity contribution in [1.82, 2.24) is 19.6 Å². The number of fused-ring (bicyclic) bond motifs is 1. The summed E-state index contributed by atoms with van der Waals surface area (Å²) in [5.41, 5.74) is -0.971. The van der Waals surface area contributed by atoms with E-state index in [1.807, 2.05) is 6.92 Å². The van der Waals surface area contributed by atoms with Crippen molar-refractivity contribution in [2.45, 2.75) is 13.3 Å². The molecule has 0 spiro atoms. The largest absolute Gasteiger partial charge is 0.477 e. The highest BCUT2D eigenvalue weighted by Gasteiger charge is 2.14. The number of nitrogens with zero attached hydrogens (tertiary/aromatic N) is 3. The minimum Gasteiger partial charge on any atom is -0.477 e. The average Bonchev–Trinajstić information content (AvgIpc) is 2.61. The molecule has 0 saturated carbocycles. The molecule has 0 amide bonds. The molecule has 2 aromatic heterocycles. The van der Waals surface area contributed by atoms with E-state index in [-0.39, 0.29) is 11.3 Å². The Morgan fingerprint density at radius 1 is 1.67 bits per heavy atom. The summed E-state index contributed by atoms with van der Waals surface area (Å²) in [6, 6.07) is 0. The van der Waals surface area contributed by atoms with Gasteiger partial charge >= 0.3 is 5.97 Å². The maximum Gasteiger partial charge on any atom is 0.342 e. The standard InChI is InChI=1S/C8H8N4O3/c1-2-5-10-11-8-9-3-4(7(14)15)6(13)12(5)8/h3H,2H2,1H3,(H,9,11)(H,14,15). The zero-order chi connectivity index (χ0) is 11.0. The minimum atomic E-state index is -1.29. The van der Waals surface area contributed by atoms with Crippen LogP contribution in [0.4, 0.5) is 0 Å². The van der Waals surface area contributed by atoms with Gasteiger partial charge in [0, 0.05) is 6.42 Å². The van der Waals surface area contributed by atoms with Gasteiger partial charge in [-0.2, -0.15) is 5.10 Å². The van der Waals surface area contributed by atoms with Gasteiger partial charge in [0.15, 0.2) is 0 Å². The van der Waals surface area contributed by atoms with Crippen molar-refractivity contribution >= 4 is 11.7 Å². The molecule has 2 rings (SSSR count). The number of carbonyl (C=O) groups is 1. The van der Waals surface area contributed by atoms with Gasteiger partial charge in [0.25, 0.3) is 5.56 Å². The lowest BCUT2D eigenvalue weighted by molar-refractivity contribution is 0.0694. The fourth-order valence-electron chi connectivity index (χ4n) is 1.32. The van der Waals surface area contributed by atoms with Crippen LogP contribution >= 0.6 is 0 Å². The summed E-state index contributed by atoms with van der Waals surface area (Å²) in [7, 11) is 0. The molecule has 0 aliphatic heterocycles. The lowest BCUT2D eigenvalue weighted by Gasteiger charge is -1.96. The molecule has 15 heavy (non-hydrogen) atoms. The molecule has 0 unspecified atom stereocenters. The molecule has 2 aromatic rings. The van der Waals surface area contributed by atoms with E-state index in [1.165, 1.54) is 4.40 Å². The first kappa shape index (κ1) is 9.38. The van der Waals surface area contributed by atoms with Gasteiger partial charge in [0.05, 0.1) is 6.20 Å². The second-order valence-electron chi connectivity index (χ2n) is 2.93. The highest BCUT2D eigenvalue weighted by Crippen LogP contribution is 1.99. The molecule has 0 aliphatic rings. The molecule has 78 valence electrons. The van der Waals surface area contributed by atoms with Gasteiger partial charge in [-0.1, -0.05) is 6.92 Å². The van der Waals surface area contributed by atoms with E-state index in [2.05, 4.69) is 15.2 Å². The fraction of sp³-hybridized carbons (Fsp3) is 0.250. The number of H-pyrrole nitrogens is 1. The Morgan fingerprint density at radius 3 is 3.00 bits per heavy atom. The molecule has 0 atom stereocenters. The van der Waals surface area contributed by atoms with Gasteiger partial charge in [0.2, 0.25) is 5.78 Å². The van der Waals surface area contributed by atoms with Crippen molar-refractivity contribution in [3.8, 4) is 0 Å². The van der Waals surface area contributed by atoms with Crippen molar-refractivity contribution in [3.63, 3.8) is 0 Å². The van der Waals surface area contributed by atoms with Gasteiger partial charge in [-0.15, -0.1) is 0 Å². The molecule has 7 heteroatoms. The smallest absolute Gasteiger partial charge is 0.342 e. The maximum atomic E-state index is 11.7. The summed E-state index contributed by atoms with van der Waals surface area (Å²) in [6.07, 6.45) is 1.54. The van der Waals surface area contributed by atoms with Crippen LogP contribution in [0, 0.1) is 0 Å². The first-order valence-electron chi connectivity index (χ1n) is 4.33. The normalized spacial score (nSPS) is 10.7. The van der Waals surface area contributed by atoms with Crippen LogP contribution in [-0.2, 0) is 6.42 Å². The summed E-state index contributed by atoms with van der Waals surface area (Å²) >= 11 is 0. The van der Waals surface area contributed by atoms with E-state index < -0.39 is 11.5 Å². The van der Waals surface area contributed by atoms with E-state index in [1.54, 1.807) is 0 Å². The first-order valence-corrected chi connectivity index (χ1v) is 4.33. The predicted molar refractivity (Wildman–Crippen MR) is 49.9 cm³/mol. The zero-order valence-corrected chi connectivity index (χ0v) is 7.89. The van der Waals surface area contributed by atoms with Crippen LogP contribution in [-0.4, -0.2) is 30.7 Å². The third-order valence-electron chi connectivity index (χ3n) is 2.05. The number of aromatic amines is 1. The highest BCUT2D eigenvalue weighted by atomic mass is 16.4.